The zero-order valence-corrected chi connectivity index (χ0v) is 18.7. The topological polar surface area (TPSA) is 73.0 Å². The summed E-state index contributed by atoms with van der Waals surface area (Å²) in [4.78, 5) is 14.8. The van der Waals surface area contributed by atoms with Crippen molar-refractivity contribution in [2.75, 3.05) is 49.5 Å². The summed E-state index contributed by atoms with van der Waals surface area (Å²) in [5.74, 6) is -0.886. The molecule has 0 atom stereocenters. The van der Waals surface area contributed by atoms with Crippen LogP contribution in [0.25, 0.3) is 0 Å². The van der Waals surface area contributed by atoms with Gasteiger partial charge in [-0.3, -0.25) is 4.79 Å². The van der Waals surface area contributed by atoms with Crippen LogP contribution in [0.2, 0.25) is 0 Å². The first-order valence-electron chi connectivity index (χ1n) is 10.3. The average molecular weight is 449 g/mol. The molecule has 0 saturated heterocycles. The van der Waals surface area contributed by atoms with Gasteiger partial charge in [0.1, 0.15) is 12.4 Å². The Bertz CT molecular complexity index is 996. The lowest BCUT2D eigenvalue weighted by Gasteiger charge is -2.31. The fraction of sp³-hybridized carbons (Fsp3) is 0.409. The van der Waals surface area contributed by atoms with Crippen LogP contribution in [0.15, 0.2) is 48.5 Å². The number of hydrogen-bond acceptors (Lipinski definition) is 4. The SMILES string of the molecule is CN(C)S(=O)(=O)N(CC(=O)NCCCN1CCCc2ccccc21)c1ccc(F)cc1. The Morgan fingerprint density at radius 2 is 1.84 bits per heavy atom. The number of carbonyl (C=O) groups excluding carboxylic acids is 1. The summed E-state index contributed by atoms with van der Waals surface area (Å²) in [5.41, 5.74) is 2.83. The molecule has 168 valence electrons. The van der Waals surface area contributed by atoms with Gasteiger partial charge < -0.3 is 10.2 Å². The van der Waals surface area contributed by atoms with Gasteiger partial charge in [-0.25, -0.2) is 8.70 Å². The lowest BCUT2D eigenvalue weighted by molar-refractivity contribution is -0.119. The molecule has 1 N–H and O–H groups in total. The van der Waals surface area contributed by atoms with Crippen molar-refractivity contribution in [2.24, 2.45) is 0 Å². The fourth-order valence-corrected chi connectivity index (χ4v) is 4.70. The standard InChI is InChI=1S/C22H29FN4O3S/c1-25(2)31(29,30)27(20-12-10-19(23)11-13-20)17-22(28)24-14-6-16-26-15-5-8-18-7-3-4-9-21(18)26/h3-4,7,9-13H,5-6,8,14-17H2,1-2H3,(H,24,28). The van der Waals surface area contributed by atoms with Crippen molar-refractivity contribution in [2.45, 2.75) is 19.3 Å². The van der Waals surface area contributed by atoms with Crippen LogP contribution < -0.4 is 14.5 Å². The number of carbonyl (C=O) groups is 1. The molecule has 0 spiro atoms. The molecule has 7 nitrogen and oxygen atoms in total. The highest BCUT2D eigenvalue weighted by molar-refractivity contribution is 7.90. The van der Waals surface area contributed by atoms with Crippen LogP contribution in [0, 0.1) is 5.82 Å². The average Bonchev–Trinajstić information content (AvgIpc) is 2.75. The van der Waals surface area contributed by atoms with Gasteiger partial charge in [-0.05, 0) is 55.2 Å². The number of nitrogens with zero attached hydrogens (tertiary/aromatic N) is 3. The molecule has 2 aromatic rings. The molecule has 1 amide bonds. The highest BCUT2D eigenvalue weighted by Crippen LogP contribution is 2.26. The van der Waals surface area contributed by atoms with E-state index < -0.39 is 21.9 Å². The molecule has 3 rings (SSSR count). The van der Waals surface area contributed by atoms with Crippen LogP contribution in [-0.2, 0) is 21.4 Å². The minimum Gasteiger partial charge on any atom is -0.371 e. The van der Waals surface area contributed by atoms with Crippen molar-refractivity contribution in [3.8, 4) is 0 Å². The van der Waals surface area contributed by atoms with Gasteiger partial charge in [-0.15, -0.1) is 0 Å². The number of anilines is 2. The summed E-state index contributed by atoms with van der Waals surface area (Å²) in [5, 5.41) is 2.80. The molecule has 0 aromatic heterocycles. The van der Waals surface area contributed by atoms with Crippen LogP contribution in [0.1, 0.15) is 18.4 Å². The number of hydrogen-bond donors (Lipinski definition) is 1. The highest BCUT2D eigenvalue weighted by atomic mass is 32.2. The van der Waals surface area contributed by atoms with E-state index in [9.17, 15) is 17.6 Å². The number of amides is 1. The summed E-state index contributed by atoms with van der Waals surface area (Å²) in [6.45, 7) is 1.87. The van der Waals surface area contributed by atoms with Gasteiger partial charge in [0.05, 0.1) is 5.69 Å². The van der Waals surface area contributed by atoms with E-state index in [1.165, 1.54) is 49.6 Å². The van der Waals surface area contributed by atoms with Gasteiger partial charge >= 0.3 is 10.2 Å². The van der Waals surface area contributed by atoms with E-state index in [0.29, 0.717) is 6.54 Å². The van der Waals surface area contributed by atoms with Crippen molar-refractivity contribution in [1.82, 2.24) is 9.62 Å². The van der Waals surface area contributed by atoms with E-state index in [-0.39, 0.29) is 12.2 Å². The molecule has 1 aliphatic rings. The number of halogens is 1. The van der Waals surface area contributed by atoms with Gasteiger partial charge in [0, 0.05) is 39.4 Å². The maximum absolute atomic E-state index is 13.3. The largest absolute Gasteiger partial charge is 0.371 e. The second-order valence-corrected chi connectivity index (χ2v) is 9.76. The van der Waals surface area contributed by atoms with Crippen LogP contribution >= 0.6 is 0 Å². The zero-order chi connectivity index (χ0) is 22.4. The quantitative estimate of drug-likeness (QED) is 0.598. The summed E-state index contributed by atoms with van der Waals surface area (Å²) in [7, 11) is -1.13. The smallest absolute Gasteiger partial charge is 0.304 e. The third-order valence-corrected chi connectivity index (χ3v) is 7.10. The number of para-hydroxylation sites is 1. The monoisotopic (exact) mass is 448 g/mol. The molecule has 1 heterocycles. The first-order chi connectivity index (χ1) is 14.8. The first-order valence-corrected chi connectivity index (χ1v) is 11.7. The molecular formula is C22H29FN4O3S. The predicted octanol–water partition coefficient (Wildman–Crippen LogP) is 2.40. The van der Waals surface area contributed by atoms with E-state index in [4.69, 9.17) is 0 Å². The third-order valence-electron chi connectivity index (χ3n) is 5.28. The lowest BCUT2D eigenvalue weighted by Crippen LogP contribution is -2.46. The van der Waals surface area contributed by atoms with Gasteiger partial charge in [-0.1, -0.05) is 18.2 Å². The molecule has 9 heteroatoms. The minimum atomic E-state index is -3.91. The fourth-order valence-electron chi connectivity index (χ4n) is 3.64. The highest BCUT2D eigenvalue weighted by Gasteiger charge is 2.27. The molecule has 0 aliphatic carbocycles. The summed E-state index contributed by atoms with van der Waals surface area (Å²) in [6.07, 6.45) is 2.94. The Kier molecular flexibility index (Phi) is 7.50. The van der Waals surface area contributed by atoms with E-state index in [2.05, 4.69) is 28.4 Å². The summed E-state index contributed by atoms with van der Waals surface area (Å²) < 4.78 is 40.6. The first kappa shape index (κ1) is 23.0. The summed E-state index contributed by atoms with van der Waals surface area (Å²) in [6, 6.07) is 13.4. The molecule has 2 aromatic carbocycles. The molecule has 0 saturated carbocycles. The predicted molar refractivity (Wildman–Crippen MR) is 121 cm³/mol. The normalized spacial score (nSPS) is 13.7. The van der Waals surface area contributed by atoms with E-state index in [1.807, 2.05) is 6.07 Å². The second kappa shape index (κ2) is 10.1. The Morgan fingerprint density at radius 1 is 1.13 bits per heavy atom. The van der Waals surface area contributed by atoms with Crippen LogP contribution in [0.4, 0.5) is 15.8 Å². The summed E-state index contributed by atoms with van der Waals surface area (Å²) >= 11 is 0. The Hall–Kier alpha value is -2.65. The molecule has 0 fully saturated rings. The van der Waals surface area contributed by atoms with E-state index in [0.717, 1.165) is 41.0 Å². The van der Waals surface area contributed by atoms with Crippen LogP contribution in [-0.4, -0.2) is 58.9 Å². The molecule has 1 aliphatic heterocycles. The lowest BCUT2D eigenvalue weighted by atomic mass is 10.0. The third kappa shape index (κ3) is 5.74. The van der Waals surface area contributed by atoms with Gasteiger partial charge in [-0.2, -0.15) is 12.7 Å². The van der Waals surface area contributed by atoms with Gasteiger partial charge in [0.25, 0.3) is 0 Å². The maximum Gasteiger partial charge on any atom is 0.304 e. The van der Waals surface area contributed by atoms with Crippen molar-refractivity contribution in [1.29, 1.82) is 0 Å². The zero-order valence-electron chi connectivity index (χ0n) is 17.9. The molecule has 0 radical (unpaired) electrons. The van der Waals surface area contributed by atoms with Gasteiger partial charge in [0.15, 0.2) is 0 Å². The second-order valence-electron chi connectivity index (χ2n) is 7.70. The molecule has 0 unspecified atom stereocenters. The van der Waals surface area contributed by atoms with E-state index >= 15 is 0 Å². The van der Waals surface area contributed by atoms with Gasteiger partial charge in [0.2, 0.25) is 5.91 Å². The van der Waals surface area contributed by atoms with Crippen LogP contribution in [0.3, 0.4) is 0 Å². The Morgan fingerprint density at radius 3 is 2.55 bits per heavy atom. The van der Waals surface area contributed by atoms with Crippen molar-refractivity contribution < 1.29 is 17.6 Å². The number of nitrogens with one attached hydrogen (secondary N) is 1. The van der Waals surface area contributed by atoms with Crippen LogP contribution in [0.5, 0.6) is 0 Å². The minimum absolute atomic E-state index is 0.232. The van der Waals surface area contributed by atoms with E-state index in [1.54, 1.807) is 0 Å². The molecule has 0 bridgehead atoms. The van der Waals surface area contributed by atoms with Crippen molar-refractivity contribution in [3.63, 3.8) is 0 Å². The number of fused-ring (bicyclic) bond motifs is 1. The molecule has 31 heavy (non-hydrogen) atoms. The molecular weight excluding hydrogens is 419 g/mol. The van der Waals surface area contributed by atoms with Crippen molar-refractivity contribution >= 4 is 27.5 Å². The Labute approximate surface area is 183 Å². The number of benzene rings is 2. The number of rotatable bonds is 9. The van der Waals surface area contributed by atoms with Crippen molar-refractivity contribution in [3.05, 3.63) is 59.9 Å². The maximum atomic E-state index is 13.3. The number of aryl methyl sites for hydroxylation is 1. The Balaban J connectivity index is 1.56.